The van der Waals surface area contributed by atoms with Crippen LogP contribution in [0.2, 0.25) is 0 Å². The third-order valence-electron chi connectivity index (χ3n) is 2.62. The molecule has 0 unspecified atom stereocenters. The lowest BCUT2D eigenvalue weighted by atomic mass is 10.2. The first kappa shape index (κ1) is 11.6. The van der Waals surface area contributed by atoms with Gasteiger partial charge in [-0.25, -0.2) is 0 Å². The highest BCUT2D eigenvalue weighted by molar-refractivity contribution is 5.73. The van der Waals surface area contributed by atoms with Gasteiger partial charge in [0.25, 0.3) is 0 Å². The highest BCUT2D eigenvalue weighted by Gasteiger charge is 2.07. The lowest BCUT2D eigenvalue weighted by molar-refractivity contribution is 0.283. The van der Waals surface area contributed by atoms with Crippen LogP contribution in [-0.2, 0) is 6.54 Å². The summed E-state index contributed by atoms with van der Waals surface area (Å²) < 4.78 is 0. The maximum Gasteiger partial charge on any atom is 0.0485 e. The molecule has 1 aliphatic heterocycles. The number of rotatable bonds is 4. The third kappa shape index (κ3) is 3.29. The number of aliphatic hydroxyl groups excluding tert-OH is 1. The topological polar surface area (TPSA) is 35.8 Å². The molecule has 17 heavy (non-hydrogen) atoms. The summed E-state index contributed by atoms with van der Waals surface area (Å²) in [4.78, 5) is 6.20. The Balaban J connectivity index is 2.13. The van der Waals surface area contributed by atoms with E-state index in [-0.39, 0.29) is 6.61 Å². The second-order valence-electron chi connectivity index (χ2n) is 3.84. The second-order valence-corrected chi connectivity index (χ2v) is 3.84. The zero-order valence-electron chi connectivity index (χ0n) is 9.66. The monoisotopic (exact) mass is 228 g/mol. The molecule has 1 aromatic rings. The summed E-state index contributed by atoms with van der Waals surface area (Å²) in [5.41, 5.74) is 2.32. The summed E-state index contributed by atoms with van der Waals surface area (Å²) in [6.07, 6.45) is 8.05. The number of allylic oxidation sites excluding steroid dienone is 1. The Hall–Kier alpha value is -1.87. The van der Waals surface area contributed by atoms with Crippen molar-refractivity contribution in [3.05, 3.63) is 60.1 Å². The van der Waals surface area contributed by atoms with Crippen molar-refractivity contribution in [2.45, 2.75) is 13.0 Å². The quantitative estimate of drug-likeness (QED) is 0.858. The highest BCUT2D eigenvalue weighted by atomic mass is 16.3. The van der Waals surface area contributed by atoms with Crippen molar-refractivity contribution in [3.63, 3.8) is 0 Å². The minimum atomic E-state index is 0.152. The lowest BCUT2D eigenvalue weighted by Crippen LogP contribution is -2.17. The maximum absolute atomic E-state index is 9.06. The van der Waals surface area contributed by atoms with E-state index in [1.54, 1.807) is 12.4 Å². The molecule has 0 radical (unpaired) electrons. The van der Waals surface area contributed by atoms with Gasteiger partial charge in [0.05, 0.1) is 0 Å². The average Bonchev–Trinajstić information content (AvgIpc) is 2.57. The normalized spacial score (nSPS) is 14.6. The fourth-order valence-corrected chi connectivity index (χ4v) is 1.77. The van der Waals surface area contributed by atoms with E-state index in [2.05, 4.69) is 22.0 Å². The van der Waals surface area contributed by atoms with Crippen LogP contribution in [0.5, 0.6) is 0 Å². The Morgan fingerprint density at radius 2 is 2.00 bits per heavy atom. The first-order valence-corrected chi connectivity index (χ1v) is 5.70. The fraction of sp³-hybridized carbons (Fsp3) is 0.214. The van der Waals surface area contributed by atoms with E-state index in [1.807, 2.05) is 30.5 Å². The van der Waals surface area contributed by atoms with E-state index >= 15 is 0 Å². The van der Waals surface area contributed by atoms with Gasteiger partial charge >= 0.3 is 0 Å². The van der Waals surface area contributed by atoms with Crippen molar-refractivity contribution in [3.8, 4) is 0 Å². The zero-order valence-corrected chi connectivity index (χ0v) is 9.66. The van der Waals surface area contributed by atoms with Gasteiger partial charge in [0.15, 0.2) is 0 Å². The van der Waals surface area contributed by atoms with Gasteiger partial charge in [-0.1, -0.05) is 30.3 Å². The number of hydrogen-bond donors (Lipinski definition) is 1. The molecule has 88 valence electrons. The summed E-state index contributed by atoms with van der Waals surface area (Å²) >= 11 is 0. The molecule has 0 aliphatic carbocycles. The summed E-state index contributed by atoms with van der Waals surface area (Å²) in [6.45, 7) is 0.950. The van der Waals surface area contributed by atoms with Crippen LogP contribution < -0.4 is 0 Å². The predicted molar refractivity (Wildman–Crippen MR) is 69.4 cm³/mol. The Morgan fingerprint density at radius 3 is 2.76 bits per heavy atom. The molecule has 0 saturated carbocycles. The number of aliphatic hydroxyl groups is 1. The van der Waals surface area contributed by atoms with Crippen LogP contribution in [0.25, 0.3) is 0 Å². The van der Waals surface area contributed by atoms with Crippen LogP contribution in [0.4, 0.5) is 0 Å². The van der Waals surface area contributed by atoms with Crippen molar-refractivity contribution < 1.29 is 5.11 Å². The van der Waals surface area contributed by atoms with Crippen LogP contribution in [0, 0.1) is 0 Å². The van der Waals surface area contributed by atoms with Gasteiger partial charge in [-0.15, -0.1) is 0 Å². The van der Waals surface area contributed by atoms with Gasteiger partial charge in [-0.2, -0.15) is 0 Å². The van der Waals surface area contributed by atoms with E-state index in [0.717, 1.165) is 12.2 Å². The number of hydrogen-bond acceptors (Lipinski definition) is 3. The lowest BCUT2D eigenvalue weighted by Gasteiger charge is -2.22. The summed E-state index contributed by atoms with van der Waals surface area (Å²) in [5.74, 6) is 0. The number of aliphatic imine (C=N–C) groups is 1. The third-order valence-corrected chi connectivity index (χ3v) is 2.62. The van der Waals surface area contributed by atoms with Crippen LogP contribution in [0.1, 0.15) is 12.0 Å². The van der Waals surface area contributed by atoms with Gasteiger partial charge in [0, 0.05) is 43.9 Å². The largest absolute Gasteiger partial charge is 0.396 e. The molecule has 0 amide bonds. The summed E-state index contributed by atoms with van der Waals surface area (Å²) in [5, 5.41) is 9.06. The van der Waals surface area contributed by atoms with E-state index in [9.17, 15) is 0 Å². The van der Waals surface area contributed by atoms with Crippen molar-refractivity contribution in [2.75, 3.05) is 6.61 Å². The van der Waals surface area contributed by atoms with Crippen LogP contribution in [0.15, 0.2) is 59.5 Å². The fourth-order valence-electron chi connectivity index (χ4n) is 1.77. The van der Waals surface area contributed by atoms with E-state index in [0.29, 0.717) is 6.42 Å². The molecule has 1 N–H and O–H groups in total. The molecule has 0 spiro atoms. The van der Waals surface area contributed by atoms with Gasteiger partial charge in [-0.3, -0.25) is 4.99 Å². The summed E-state index contributed by atoms with van der Waals surface area (Å²) in [7, 11) is 0. The van der Waals surface area contributed by atoms with Crippen LogP contribution in [-0.4, -0.2) is 22.8 Å². The van der Waals surface area contributed by atoms with Crippen molar-refractivity contribution in [2.24, 2.45) is 4.99 Å². The molecule has 0 aromatic heterocycles. The molecular weight excluding hydrogens is 212 g/mol. The molecule has 0 atom stereocenters. The minimum Gasteiger partial charge on any atom is -0.396 e. The minimum absolute atomic E-state index is 0.152. The molecule has 3 nitrogen and oxygen atoms in total. The second kappa shape index (κ2) is 6.01. The van der Waals surface area contributed by atoms with Crippen LogP contribution >= 0.6 is 0 Å². The van der Waals surface area contributed by atoms with E-state index < -0.39 is 0 Å². The molecule has 1 aromatic carbocycles. The Bertz CT molecular complexity index is 435. The Labute approximate surface area is 101 Å². The molecule has 1 heterocycles. The molecular formula is C14H16N2O. The smallest absolute Gasteiger partial charge is 0.0485 e. The summed E-state index contributed by atoms with van der Waals surface area (Å²) in [6, 6.07) is 10.3. The van der Waals surface area contributed by atoms with Gasteiger partial charge in [0.1, 0.15) is 0 Å². The first-order valence-electron chi connectivity index (χ1n) is 5.70. The molecule has 2 rings (SSSR count). The maximum atomic E-state index is 9.06. The SMILES string of the molecule is OCCC1=CC=NC=CN1Cc1ccccc1. The average molecular weight is 228 g/mol. The molecule has 0 fully saturated rings. The van der Waals surface area contributed by atoms with Gasteiger partial charge in [-0.05, 0) is 11.6 Å². The Morgan fingerprint density at radius 1 is 1.18 bits per heavy atom. The molecule has 0 bridgehead atoms. The highest BCUT2D eigenvalue weighted by Crippen LogP contribution is 2.15. The molecule has 1 aliphatic rings. The van der Waals surface area contributed by atoms with Crippen molar-refractivity contribution in [1.82, 2.24) is 4.90 Å². The van der Waals surface area contributed by atoms with E-state index in [4.69, 9.17) is 5.11 Å². The van der Waals surface area contributed by atoms with Crippen molar-refractivity contribution >= 4 is 6.21 Å². The standard InChI is InChI=1S/C14H16N2O/c17-11-7-14-6-8-15-9-10-16(14)12-13-4-2-1-3-5-13/h1-6,8-10,17H,7,11-12H2. The number of nitrogens with zero attached hydrogens (tertiary/aromatic N) is 2. The zero-order chi connectivity index (χ0) is 11.9. The number of benzene rings is 1. The van der Waals surface area contributed by atoms with Crippen molar-refractivity contribution in [1.29, 1.82) is 0 Å². The predicted octanol–water partition coefficient (Wildman–Crippen LogP) is 2.31. The molecule has 0 saturated heterocycles. The van der Waals surface area contributed by atoms with Gasteiger partial charge < -0.3 is 10.0 Å². The van der Waals surface area contributed by atoms with Gasteiger partial charge in [0.2, 0.25) is 0 Å². The van der Waals surface area contributed by atoms with E-state index in [1.165, 1.54) is 5.56 Å². The van der Waals surface area contributed by atoms with Crippen LogP contribution in [0.3, 0.4) is 0 Å². The first-order chi connectivity index (χ1) is 8.40. The molecule has 3 heteroatoms. The Kier molecular flexibility index (Phi) is 4.11.